The van der Waals surface area contributed by atoms with Crippen LogP contribution < -0.4 is 0 Å². The molecule has 0 heterocycles. The molecule has 20 heavy (non-hydrogen) atoms. The lowest BCUT2D eigenvalue weighted by atomic mass is 9.87. The summed E-state index contributed by atoms with van der Waals surface area (Å²) >= 11 is 0. The predicted molar refractivity (Wildman–Crippen MR) is 88.1 cm³/mol. The van der Waals surface area contributed by atoms with Gasteiger partial charge in [0.05, 0.1) is 0 Å². The summed E-state index contributed by atoms with van der Waals surface area (Å²) in [5, 5.41) is 2.76. The third-order valence-electron chi connectivity index (χ3n) is 4.04. The molecule has 0 saturated heterocycles. The number of hydrogen-bond acceptors (Lipinski definition) is 0. The first-order valence-electron chi connectivity index (χ1n) is 7.44. The summed E-state index contributed by atoms with van der Waals surface area (Å²) in [6.07, 6.45) is 2.14. The SMILES string of the molecule is CCc1cc2ccccc2c(CC)c1-c1ccccc1. The third-order valence-corrected chi connectivity index (χ3v) is 4.04. The molecule has 0 unspecified atom stereocenters. The van der Waals surface area contributed by atoms with Gasteiger partial charge in [-0.2, -0.15) is 0 Å². The minimum Gasteiger partial charge on any atom is -0.0622 e. The van der Waals surface area contributed by atoms with Gasteiger partial charge >= 0.3 is 0 Å². The van der Waals surface area contributed by atoms with Crippen molar-refractivity contribution < 1.29 is 0 Å². The van der Waals surface area contributed by atoms with Crippen molar-refractivity contribution in [2.75, 3.05) is 0 Å². The van der Waals surface area contributed by atoms with Crippen LogP contribution in [0.15, 0.2) is 60.7 Å². The first kappa shape index (κ1) is 12.9. The van der Waals surface area contributed by atoms with Crippen molar-refractivity contribution in [3.05, 3.63) is 71.8 Å². The number of fused-ring (bicyclic) bond motifs is 1. The molecule has 0 saturated carbocycles. The first-order valence-corrected chi connectivity index (χ1v) is 7.44. The van der Waals surface area contributed by atoms with Crippen LogP contribution in [0.3, 0.4) is 0 Å². The van der Waals surface area contributed by atoms with E-state index in [9.17, 15) is 0 Å². The van der Waals surface area contributed by atoms with E-state index in [1.54, 1.807) is 0 Å². The number of aryl methyl sites for hydroxylation is 2. The zero-order chi connectivity index (χ0) is 13.9. The standard InChI is InChI=1S/C20H20/c1-3-15-14-17-12-8-9-13-19(17)18(4-2)20(15)16-10-6-5-7-11-16/h5-14H,3-4H2,1-2H3. The van der Waals surface area contributed by atoms with Crippen molar-refractivity contribution in [3.63, 3.8) is 0 Å². The largest absolute Gasteiger partial charge is 0.0622 e. The molecule has 0 radical (unpaired) electrons. The smallest absolute Gasteiger partial charge is 0.0114 e. The molecule has 3 aromatic rings. The summed E-state index contributed by atoms with van der Waals surface area (Å²) in [6, 6.07) is 21.9. The van der Waals surface area contributed by atoms with E-state index in [1.165, 1.54) is 33.0 Å². The fraction of sp³-hybridized carbons (Fsp3) is 0.200. The molecule has 0 heteroatoms. The second-order valence-electron chi connectivity index (χ2n) is 5.18. The van der Waals surface area contributed by atoms with E-state index >= 15 is 0 Å². The lowest BCUT2D eigenvalue weighted by Gasteiger charge is -2.17. The first-order chi connectivity index (χ1) is 9.85. The fourth-order valence-electron chi connectivity index (χ4n) is 3.10. The molecule has 3 rings (SSSR count). The predicted octanol–water partition coefficient (Wildman–Crippen LogP) is 5.63. The quantitative estimate of drug-likeness (QED) is 0.572. The second kappa shape index (κ2) is 5.50. The van der Waals surface area contributed by atoms with Gasteiger partial charge in [-0.05, 0) is 45.9 Å². The Morgan fingerprint density at radius 2 is 1.45 bits per heavy atom. The molecule has 0 amide bonds. The van der Waals surface area contributed by atoms with Crippen LogP contribution in [-0.2, 0) is 12.8 Å². The highest BCUT2D eigenvalue weighted by molar-refractivity contribution is 5.93. The molecule has 100 valence electrons. The van der Waals surface area contributed by atoms with Gasteiger partial charge in [0.1, 0.15) is 0 Å². The van der Waals surface area contributed by atoms with Crippen LogP contribution in [0.4, 0.5) is 0 Å². The number of hydrogen-bond donors (Lipinski definition) is 0. The molecule has 0 aliphatic rings. The highest BCUT2D eigenvalue weighted by Crippen LogP contribution is 2.34. The molecule has 0 atom stereocenters. The maximum atomic E-state index is 2.36. The van der Waals surface area contributed by atoms with Gasteiger partial charge in [-0.3, -0.25) is 0 Å². The maximum Gasteiger partial charge on any atom is -0.0114 e. The molecule has 0 spiro atoms. The summed E-state index contributed by atoms with van der Waals surface area (Å²) in [6.45, 7) is 4.50. The van der Waals surface area contributed by atoms with Crippen LogP contribution >= 0.6 is 0 Å². The van der Waals surface area contributed by atoms with Crippen LogP contribution in [0, 0.1) is 0 Å². The van der Waals surface area contributed by atoms with Gasteiger partial charge in [-0.15, -0.1) is 0 Å². The van der Waals surface area contributed by atoms with Gasteiger partial charge in [0.2, 0.25) is 0 Å². The van der Waals surface area contributed by atoms with Crippen molar-refractivity contribution in [2.24, 2.45) is 0 Å². The normalized spacial score (nSPS) is 10.9. The Hall–Kier alpha value is -2.08. The Labute approximate surface area is 121 Å². The van der Waals surface area contributed by atoms with Crippen LogP contribution in [-0.4, -0.2) is 0 Å². The van der Waals surface area contributed by atoms with Crippen LogP contribution in [0.25, 0.3) is 21.9 Å². The molecule has 0 N–H and O–H groups in total. The van der Waals surface area contributed by atoms with E-state index in [0.29, 0.717) is 0 Å². The average molecular weight is 260 g/mol. The highest BCUT2D eigenvalue weighted by Gasteiger charge is 2.12. The molecular weight excluding hydrogens is 240 g/mol. The van der Waals surface area contributed by atoms with Gasteiger partial charge < -0.3 is 0 Å². The Bertz CT molecular complexity index is 724. The molecule has 0 aromatic heterocycles. The summed E-state index contributed by atoms with van der Waals surface area (Å²) in [5.74, 6) is 0. The summed E-state index contributed by atoms with van der Waals surface area (Å²) in [5.41, 5.74) is 5.71. The van der Waals surface area contributed by atoms with Gasteiger partial charge in [0.25, 0.3) is 0 Å². The molecule has 0 bridgehead atoms. The van der Waals surface area contributed by atoms with Crippen molar-refractivity contribution in [3.8, 4) is 11.1 Å². The third kappa shape index (κ3) is 2.12. The van der Waals surface area contributed by atoms with E-state index in [1.807, 2.05) is 0 Å². The summed E-state index contributed by atoms with van der Waals surface area (Å²) in [4.78, 5) is 0. The zero-order valence-electron chi connectivity index (χ0n) is 12.2. The van der Waals surface area contributed by atoms with Crippen LogP contribution in [0.5, 0.6) is 0 Å². The van der Waals surface area contributed by atoms with Crippen molar-refractivity contribution in [1.82, 2.24) is 0 Å². The lowest BCUT2D eigenvalue weighted by Crippen LogP contribution is -1.96. The number of benzene rings is 3. The molecule has 0 nitrogen and oxygen atoms in total. The highest BCUT2D eigenvalue weighted by atomic mass is 14.2. The van der Waals surface area contributed by atoms with E-state index in [2.05, 4.69) is 74.5 Å². The Kier molecular flexibility index (Phi) is 3.56. The van der Waals surface area contributed by atoms with Crippen molar-refractivity contribution in [2.45, 2.75) is 26.7 Å². The van der Waals surface area contributed by atoms with Gasteiger partial charge in [0.15, 0.2) is 0 Å². The molecule has 0 aliphatic heterocycles. The fourth-order valence-corrected chi connectivity index (χ4v) is 3.10. The molecular formula is C20H20. The van der Waals surface area contributed by atoms with Crippen LogP contribution in [0.1, 0.15) is 25.0 Å². The van der Waals surface area contributed by atoms with Crippen molar-refractivity contribution in [1.29, 1.82) is 0 Å². The average Bonchev–Trinajstić information content (AvgIpc) is 2.53. The lowest BCUT2D eigenvalue weighted by molar-refractivity contribution is 1.11. The van der Waals surface area contributed by atoms with E-state index in [-0.39, 0.29) is 0 Å². The Morgan fingerprint density at radius 3 is 2.15 bits per heavy atom. The summed E-state index contributed by atoms with van der Waals surface area (Å²) < 4.78 is 0. The summed E-state index contributed by atoms with van der Waals surface area (Å²) in [7, 11) is 0. The zero-order valence-corrected chi connectivity index (χ0v) is 12.2. The topological polar surface area (TPSA) is 0 Å². The minimum absolute atomic E-state index is 1.07. The van der Waals surface area contributed by atoms with E-state index in [4.69, 9.17) is 0 Å². The van der Waals surface area contributed by atoms with E-state index in [0.717, 1.165) is 12.8 Å². The number of rotatable bonds is 3. The molecule has 3 aromatic carbocycles. The van der Waals surface area contributed by atoms with Crippen LogP contribution in [0.2, 0.25) is 0 Å². The van der Waals surface area contributed by atoms with Gasteiger partial charge in [-0.1, -0.05) is 74.5 Å². The minimum atomic E-state index is 1.07. The Balaban J connectivity index is 2.39. The van der Waals surface area contributed by atoms with Crippen molar-refractivity contribution >= 4 is 10.8 Å². The molecule has 0 fully saturated rings. The Morgan fingerprint density at radius 1 is 0.750 bits per heavy atom. The monoisotopic (exact) mass is 260 g/mol. The van der Waals surface area contributed by atoms with Gasteiger partial charge in [0, 0.05) is 0 Å². The maximum absolute atomic E-state index is 2.36. The second-order valence-corrected chi connectivity index (χ2v) is 5.18. The van der Waals surface area contributed by atoms with Gasteiger partial charge in [-0.25, -0.2) is 0 Å². The molecule has 0 aliphatic carbocycles. The van der Waals surface area contributed by atoms with E-state index < -0.39 is 0 Å².